The molecule has 6 unspecified atom stereocenters. The minimum absolute atomic E-state index is 0.0959. The molecule has 0 radical (unpaired) electrons. The predicted molar refractivity (Wildman–Crippen MR) is 258 cm³/mol. The topological polar surface area (TPSA) is 210 Å². The molecule has 13 nitrogen and oxygen atoms in total. The van der Waals surface area contributed by atoms with Gasteiger partial charge in [0.05, 0.1) is 6.61 Å². The van der Waals surface area contributed by atoms with Crippen molar-refractivity contribution in [2.45, 2.75) is 275 Å². The van der Waals surface area contributed by atoms with Gasteiger partial charge in [0.25, 0.3) is 0 Å². The van der Waals surface area contributed by atoms with Crippen molar-refractivity contribution >= 4 is 19.8 Å². The van der Waals surface area contributed by atoms with Gasteiger partial charge in [-0.05, 0) is 64.2 Å². The Morgan fingerprint density at radius 3 is 1.17 bits per heavy atom. The second-order valence-corrected chi connectivity index (χ2v) is 19.8. The van der Waals surface area contributed by atoms with Gasteiger partial charge in [0.15, 0.2) is 6.10 Å². The van der Waals surface area contributed by atoms with E-state index in [1.165, 1.54) is 128 Å². The third kappa shape index (κ3) is 33.5. The number of allylic oxidation sites excluding steroid dienone is 4. The Balaban J connectivity index is 2.39. The third-order valence-corrected chi connectivity index (χ3v) is 13.3. The summed E-state index contributed by atoms with van der Waals surface area (Å²) in [7, 11) is -5.12. The van der Waals surface area contributed by atoms with Crippen molar-refractivity contribution in [2.24, 2.45) is 0 Å². The Morgan fingerprint density at radius 2 is 0.785 bits per heavy atom. The van der Waals surface area contributed by atoms with Gasteiger partial charge in [0, 0.05) is 12.8 Å². The van der Waals surface area contributed by atoms with Crippen molar-refractivity contribution in [3.8, 4) is 0 Å². The summed E-state index contributed by atoms with van der Waals surface area (Å²) in [6.07, 6.45) is 33.6. The zero-order chi connectivity index (χ0) is 47.8. The number of hydrogen-bond acceptors (Lipinski definition) is 12. The second-order valence-electron chi connectivity index (χ2n) is 18.4. The van der Waals surface area contributed by atoms with Gasteiger partial charge in [-0.2, -0.15) is 0 Å². The number of unbranched alkanes of at least 4 members (excludes halogenated alkanes) is 28. The number of phosphoric acid groups is 1. The van der Waals surface area contributed by atoms with Crippen LogP contribution in [0.1, 0.15) is 232 Å². The zero-order valence-electron chi connectivity index (χ0n) is 40.8. The normalized spacial score (nSPS) is 21.5. The van der Waals surface area contributed by atoms with E-state index >= 15 is 0 Å². The van der Waals surface area contributed by atoms with Crippen LogP contribution < -0.4 is 0 Å². The fraction of sp³-hybridized carbons (Fsp3) is 0.882. The standard InChI is InChI=1S/C51H95O13P/c1-3-5-7-9-11-13-15-17-19-21-22-24-26-28-30-32-34-36-38-40-45(53)63-43(42-62-65(59,60)64-51-49(57)47(55)46(54)48(56)50(51)58)41-61-44(52)39-37-35-33-31-29-27-25-23-20-18-16-14-12-10-8-6-4-2/h17-20,43,46-51,54-58H,3-16,21-42H2,1-2H3,(H,59,60)/b19-17-,20-18-. The van der Waals surface area contributed by atoms with E-state index in [-0.39, 0.29) is 12.8 Å². The molecule has 0 heterocycles. The fourth-order valence-corrected chi connectivity index (χ4v) is 9.02. The molecule has 0 aromatic heterocycles. The number of esters is 2. The van der Waals surface area contributed by atoms with Gasteiger partial charge in [-0.25, -0.2) is 4.57 Å². The summed E-state index contributed by atoms with van der Waals surface area (Å²) in [5.41, 5.74) is 0. The lowest BCUT2D eigenvalue weighted by atomic mass is 9.85. The monoisotopic (exact) mass is 947 g/mol. The lowest BCUT2D eigenvalue weighted by molar-refractivity contribution is -0.220. The first-order chi connectivity index (χ1) is 31.4. The number of carbonyl (C=O) groups is 2. The van der Waals surface area contributed by atoms with Gasteiger partial charge in [0.1, 0.15) is 43.2 Å². The largest absolute Gasteiger partial charge is 0.472 e. The summed E-state index contributed by atoms with van der Waals surface area (Å²) in [5, 5.41) is 50.3. The molecular formula is C51H95O13P. The fourth-order valence-electron chi connectivity index (χ4n) is 8.04. The molecule has 0 aliphatic heterocycles. The smallest absolute Gasteiger partial charge is 0.462 e. The highest BCUT2D eigenvalue weighted by Crippen LogP contribution is 2.47. The molecule has 6 atom stereocenters. The zero-order valence-corrected chi connectivity index (χ0v) is 41.7. The number of phosphoric ester groups is 1. The number of carbonyl (C=O) groups excluding carboxylic acids is 2. The first-order valence-corrected chi connectivity index (χ1v) is 27.6. The van der Waals surface area contributed by atoms with Gasteiger partial charge >= 0.3 is 19.8 Å². The summed E-state index contributed by atoms with van der Waals surface area (Å²) in [4.78, 5) is 35.8. The van der Waals surface area contributed by atoms with Gasteiger partial charge in [-0.1, -0.05) is 179 Å². The minimum Gasteiger partial charge on any atom is -0.462 e. The van der Waals surface area contributed by atoms with Gasteiger partial charge < -0.3 is 39.9 Å². The molecule has 1 saturated carbocycles. The van der Waals surface area contributed by atoms with Crippen LogP contribution in [-0.4, -0.2) is 98.3 Å². The van der Waals surface area contributed by atoms with E-state index in [4.69, 9.17) is 18.5 Å². The molecule has 0 bridgehead atoms. The number of aliphatic hydroxyl groups is 5. The average Bonchev–Trinajstić information content (AvgIpc) is 3.29. The molecular weight excluding hydrogens is 852 g/mol. The van der Waals surface area contributed by atoms with Crippen molar-refractivity contribution in [3.05, 3.63) is 24.3 Å². The Bertz CT molecular complexity index is 1230. The highest BCUT2D eigenvalue weighted by molar-refractivity contribution is 7.47. The molecule has 1 rings (SSSR count). The van der Waals surface area contributed by atoms with E-state index in [0.717, 1.165) is 64.2 Å². The van der Waals surface area contributed by atoms with Gasteiger partial charge in [-0.3, -0.25) is 18.6 Å². The summed E-state index contributed by atoms with van der Waals surface area (Å²) in [5.74, 6) is -1.10. The van der Waals surface area contributed by atoms with Crippen LogP contribution >= 0.6 is 7.82 Å². The molecule has 0 aromatic carbocycles. The van der Waals surface area contributed by atoms with Crippen molar-refractivity contribution < 1.29 is 63.1 Å². The van der Waals surface area contributed by atoms with Crippen LogP contribution in [0.2, 0.25) is 0 Å². The molecule has 0 saturated heterocycles. The molecule has 0 aromatic rings. The molecule has 1 aliphatic rings. The van der Waals surface area contributed by atoms with Crippen LogP contribution in [0.25, 0.3) is 0 Å². The molecule has 0 spiro atoms. The van der Waals surface area contributed by atoms with Crippen LogP contribution in [0.15, 0.2) is 24.3 Å². The van der Waals surface area contributed by atoms with E-state index < -0.39 is 75.7 Å². The highest BCUT2D eigenvalue weighted by atomic mass is 31.2. The highest BCUT2D eigenvalue weighted by Gasteiger charge is 2.51. The van der Waals surface area contributed by atoms with Gasteiger partial charge in [-0.15, -0.1) is 0 Å². The average molecular weight is 947 g/mol. The number of ether oxygens (including phenoxy) is 2. The summed E-state index contributed by atoms with van der Waals surface area (Å²) in [6, 6.07) is 0. The molecule has 1 fully saturated rings. The lowest BCUT2D eigenvalue weighted by Gasteiger charge is -2.41. The summed E-state index contributed by atoms with van der Waals surface area (Å²) >= 11 is 0. The van der Waals surface area contributed by atoms with E-state index in [1.807, 2.05) is 0 Å². The Hall–Kier alpha value is -1.67. The van der Waals surface area contributed by atoms with Crippen molar-refractivity contribution in [1.82, 2.24) is 0 Å². The second kappa shape index (κ2) is 41.3. The van der Waals surface area contributed by atoms with Crippen LogP contribution in [0, 0.1) is 0 Å². The van der Waals surface area contributed by atoms with E-state index in [1.54, 1.807) is 0 Å². The van der Waals surface area contributed by atoms with Crippen molar-refractivity contribution in [1.29, 1.82) is 0 Å². The third-order valence-electron chi connectivity index (χ3n) is 12.3. The lowest BCUT2D eigenvalue weighted by Crippen LogP contribution is -2.64. The Kier molecular flexibility index (Phi) is 39.0. The van der Waals surface area contributed by atoms with E-state index in [2.05, 4.69) is 38.2 Å². The molecule has 6 N–H and O–H groups in total. The molecule has 382 valence electrons. The molecule has 1 aliphatic carbocycles. The van der Waals surface area contributed by atoms with Crippen molar-refractivity contribution in [2.75, 3.05) is 13.2 Å². The number of hydrogen-bond donors (Lipinski definition) is 6. The quantitative estimate of drug-likeness (QED) is 0.0146. The first-order valence-electron chi connectivity index (χ1n) is 26.1. The maximum atomic E-state index is 12.9. The van der Waals surface area contributed by atoms with Crippen LogP contribution in [0.4, 0.5) is 0 Å². The summed E-state index contributed by atoms with van der Waals surface area (Å²) < 4.78 is 33.7. The molecule has 0 amide bonds. The SMILES string of the molecule is CCCCCCCC/C=C\CCCCCCCCCCCC(=O)OC(COC(=O)CCCCCCCCC/C=C\CCCCCCCC)COP(=O)(O)OC1C(O)C(O)C(O)C(O)C1O. The van der Waals surface area contributed by atoms with E-state index in [0.29, 0.717) is 12.8 Å². The first kappa shape index (κ1) is 61.3. The molecule has 14 heteroatoms. The number of aliphatic hydroxyl groups excluding tert-OH is 5. The summed E-state index contributed by atoms with van der Waals surface area (Å²) in [6.45, 7) is 3.32. The van der Waals surface area contributed by atoms with Crippen molar-refractivity contribution in [3.63, 3.8) is 0 Å². The predicted octanol–water partition coefficient (Wildman–Crippen LogP) is 11.2. The van der Waals surface area contributed by atoms with Crippen LogP contribution in [0.5, 0.6) is 0 Å². The van der Waals surface area contributed by atoms with Crippen LogP contribution in [-0.2, 0) is 32.7 Å². The maximum absolute atomic E-state index is 12.9. The van der Waals surface area contributed by atoms with E-state index in [9.17, 15) is 44.6 Å². The maximum Gasteiger partial charge on any atom is 0.472 e. The molecule has 65 heavy (non-hydrogen) atoms. The Morgan fingerprint density at radius 1 is 0.462 bits per heavy atom. The van der Waals surface area contributed by atoms with Gasteiger partial charge in [0.2, 0.25) is 0 Å². The minimum atomic E-state index is -5.12. The number of rotatable bonds is 44. The Labute approximate surface area is 394 Å². The van der Waals surface area contributed by atoms with Crippen LogP contribution in [0.3, 0.4) is 0 Å².